The van der Waals surface area contributed by atoms with Crippen LogP contribution in [0.15, 0.2) is 91.1 Å². The average Bonchev–Trinajstić information content (AvgIpc) is 3.32. The lowest BCUT2D eigenvalue weighted by atomic mass is 10.0. The Morgan fingerprint density at radius 3 is 2.42 bits per heavy atom. The van der Waals surface area contributed by atoms with Gasteiger partial charge in [0.15, 0.2) is 0 Å². The summed E-state index contributed by atoms with van der Waals surface area (Å²) in [5.74, 6) is -0.102. The molecule has 1 atom stereocenters. The third kappa shape index (κ3) is 5.67. The van der Waals surface area contributed by atoms with Crippen molar-refractivity contribution in [3.8, 4) is 5.75 Å². The van der Waals surface area contributed by atoms with Crippen molar-refractivity contribution < 1.29 is 14.6 Å². The van der Waals surface area contributed by atoms with Gasteiger partial charge in [-0.05, 0) is 29.3 Å². The highest BCUT2D eigenvalue weighted by atomic mass is 16.5. The van der Waals surface area contributed by atoms with E-state index in [9.17, 15) is 9.90 Å². The zero-order valence-corrected chi connectivity index (χ0v) is 20.2. The van der Waals surface area contributed by atoms with Gasteiger partial charge in [0, 0.05) is 55.4 Å². The summed E-state index contributed by atoms with van der Waals surface area (Å²) in [6.07, 6.45) is 6.14. The number of rotatable bonds is 9. The van der Waals surface area contributed by atoms with Gasteiger partial charge in [0.2, 0.25) is 0 Å². The van der Waals surface area contributed by atoms with Gasteiger partial charge in [-0.2, -0.15) is 0 Å². The Morgan fingerprint density at radius 2 is 1.69 bits per heavy atom. The normalized spacial score (nSPS) is 15.9. The van der Waals surface area contributed by atoms with E-state index < -0.39 is 12.0 Å². The fourth-order valence-electron chi connectivity index (χ4n) is 4.77. The number of aromatic nitrogens is 1. The predicted octanol–water partition coefficient (Wildman–Crippen LogP) is 5.20. The van der Waals surface area contributed by atoms with Crippen molar-refractivity contribution in [1.29, 1.82) is 0 Å². The van der Waals surface area contributed by atoms with E-state index in [0.29, 0.717) is 19.7 Å². The summed E-state index contributed by atoms with van der Waals surface area (Å²) in [4.78, 5) is 20.1. The first-order valence-electron chi connectivity index (χ1n) is 12.4. The Morgan fingerprint density at radius 1 is 0.972 bits per heavy atom. The fraction of sp³-hybridized carbons (Fsp3) is 0.233. The molecule has 1 aliphatic heterocycles. The third-order valence-electron chi connectivity index (χ3n) is 6.71. The maximum absolute atomic E-state index is 12.4. The van der Waals surface area contributed by atoms with Gasteiger partial charge < -0.3 is 14.8 Å². The maximum atomic E-state index is 12.4. The maximum Gasteiger partial charge on any atom is 0.325 e. The fourth-order valence-corrected chi connectivity index (χ4v) is 4.77. The van der Waals surface area contributed by atoms with Crippen LogP contribution >= 0.6 is 0 Å². The number of fused-ring (bicyclic) bond motifs is 1. The van der Waals surface area contributed by atoms with E-state index >= 15 is 0 Å². The molecule has 1 saturated heterocycles. The molecule has 0 aliphatic carbocycles. The van der Waals surface area contributed by atoms with Crippen molar-refractivity contribution in [3.05, 3.63) is 108 Å². The van der Waals surface area contributed by atoms with Gasteiger partial charge in [0.1, 0.15) is 18.4 Å². The first-order valence-corrected chi connectivity index (χ1v) is 12.4. The summed E-state index contributed by atoms with van der Waals surface area (Å²) < 4.78 is 6.01. The van der Waals surface area contributed by atoms with Crippen molar-refractivity contribution in [2.24, 2.45) is 0 Å². The van der Waals surface area contributed by atoms with Crippen LogP contribution < -0.4 is 4.74 Å². The number of carbonyl (C=O) groups is 1. The first-order chi connectivity index (χ1) is 17.7. The molecule has 1 aliphatic rings. The molecule has 0 radical (unpaired) electrons. The smallest absolute Gasteiger partial charge is 0.325 e. The van der Waals surface area contributed by atoms with Crippen LogP contribution in [0.25, 0.3) is 17.0 Å². The molecule has 6 nitrogen and oxygen atoms in total. The van der Waals surface area contributed by atoms with E-state index in [1.165, 1.54) is 5.56 Å². The molecule has 1 fully saturated rings. The van der Waals surface area contributed by atoms with Gasteiger partial charge in [0.05, 0.1) is 0 Å². The van der Waals surface area contributed by atoms with Gasteiger partial charge in [0.25, 0.3) is 0 Å². The second-order valence-corrected chi connectivity index (χ2v) is 9.12. The molecule has 0 spiro atoms. The number of benzene rings is 3. The number of piperazine rings is 1. The summed E-state index contributed by atoms with van der Waals surface area (Å²) in [6, 6.07) is 25.4. The number of aromatic amines is 1. The number of nitrogens with zero attached hydrogens (tertiary/aromatic N) is 2. The lowest BCUT2D eigenvalue weighted by Gasteiger charge is -2.37. The van der Waals surface area contributed by atoms with E-state index in [-0.39, 0.29) is 0 Å². The van der Waals surface area contributed by atoms with E-state index in [0.717, 1.165) is 47.4 Å². The van der Waals surface area contributed by atoms with Crippen LogP contribution in [0.5, 0.6) is 5.75 Å². The molecule has 4 aromatic rings. The first kappa shape index (κ1) is 23.9. The summed E-state index contributed by atoms with van der Waals surface area (Å²) >= 11 is 0. The molecule has 36 heavy (non-hydrogen) atoms. The van der Waals surface area contributed by atoms with Crippen LogP contribution in [0.3, 0.4) is 0 Å². The SMILES string of the molecule is O=C(O)[C@@H](c1c[nH]c2ccc(OCc3ccccc3)cc12)N1CCN(C/C=C/c2ccccc2)CC1. The lowest BCUT2D eigenvalue weighted by Crippen LogP contribution is -2.49. The molecule has 0 unspecified atom stereocenters. The Kier molecular flexibility index (Phi) is 7.45. The minimum Gasteiger partial charge on any atom is -0.489 e. The molecule has 6 heteroatoms. The molecule has 0 amide bonds. The molecule has 2 heterocycles. The molecular formula is C30H31N3O3. The summed E-state index contributed by atoms with van der Waals surface area (Å²) in [7, 11) is 0. The van der Waals surface area contributed by atoms with Crippen molar-refractivity contribution in [1.82, 2.24) is 14.8 Å². The van der Waals surface area contributed by atoms with Crippen LogP contribution in [0.2, 0.25) is 0 Å². The summed E-state index contributed by atoms with van der Waals surface area (Å²) in [6.45, 7) is 4.39. The van der Waals surface area contributed by atoms with Crippen molar-refractivity contribution >= 4 is 22.9 Å². The van der Waals surface area contributed by atoms with E-state index in [2.05, 4.69) is 39.1 Å². The number of carboxylic acids is 1. The molecule has 3 aromatic carbocycles. The molecule has 0 bridgehead atoms. The van der Waals surface area contributed by atoms with Crippen LogP contribution in [-0.2, 0) is 11.4 Å². The van der Waals surface area contributed by atoms with Gasteiger partial charge in [-0.1, -0.05) is 72.8 Å². The molecule has 2 N–H and O–H groups in total. The number of nitrogens with one attached hydrogen (secondary N) is 1. The Hall–Kier alpha value is -3.87. The minimum atomic E-state index is -0.830. The second kappa shape index (κ2) is 11.2. The number of carboxylic acid groups (broad SMARTS) is 1. The largest absolute Gasteiger partial charge is 0.489 e. The zero-order chi connectivity index (χ0) is 24.7. The third-order valence-corrected chi connectivity index (χ3v) is 6.71. The predicted molar refractivity (Wildman–Crippen MR) is 143 cm³/mol. The highest BCUT2D eigenvalue weighted by molar-refractivity contribution is 5.90. The van der Waals surface area contributed by atoms with Gasteiger partial charge >= 0.3 is 5.97 Å². The minimum absolute atomic E-state index is 0.467. The van der Waals surface area contributed by atoms with Crippen molar-refractivity contribution in [2.75, 3.05) is 32.7 Å². The van der Waals surface area contributed by atoms with Crippen LogP contribution in [0.4, 0.5) is 0 Å². The second-order valence-electron chi connectivity index (χ2n) is 9.12. The molecule has 5 rings (SSSR count). The summed E-state index contributed by atoms with van der Waals surface area (Å²) in [5.41, 5.74) is 3.97. The van der Waals surface area contributed by atoms with E-state index in [1.807, 2.05) is 72.9 Å². The molecule has 1 aromatic heterocycles. The standard InChI is InChI=1S/C30H31N3O3/c34-30(35)29(33-18-16-32(17-19-33)15-7-12-23-8-3-1-4-9-23)27-21-31-28-14-13-25(20-26(27)28)36-22-24-10-5-2-6-11-24/h1-14,20-21,29,31H,15-19,22H2,(H,34,35)/b12-7+/t29-/m1/s1. The average molecular weight is 482 g/mol. The molecular weight excluding hydrogens is 450 g/mol. The van der Waals surface area contributed by atoms with Gasteiger partial charge in [-0.3, -0.25) is 14.6 Å². The van der Waals surface area contributed by atoms with Crippen molar-refractivity contribution in [2.45, 2.75) is 12.6 Å². The highest BCUT2D eigenvalue weighted by Crippen LogP contribution is 2.32. The van der Waals surface area contributed by atoms with Gasteiger partial charge in [-0.15, -0.1) is 0 Å². The van der Waals surface area contributed by atoms with E-state index in [1.54, 1.807) is 0 Å². The topological polar surface area (TPSA) is 68.8 Å². The van der Waals surface area contributed by atoms with Crippen LogP contribution in [0.1, 0.15) is 22.7 Å². The van der Waals surface area contributed by atoms with Crippen molar-refractivity contribution in [3.63, 3.8) is 0 Å². The Labute approximate surface area is 211 Å². The lowest BCUT2D eigenvalue weighted by molar-refractivity contribution is -0.144. The number of H-pyrrole nitrogens is 1. The van der Waals surface area contributed by atoms with Crippen LogP contribution in [0, 0.1) is 0 Å². The number of aliphatic carboxylic acids is 1. The quantitative estimate of drug-likeness (QED) is 0.344. The highest BCUT2D eigenvalue weighted by Gasteiger charge is 2.32. The Bertz CT molecular complexity index is 1310. The zero-order valence-electron chi connectivity index (χ0n) is 20.2. The molecule has 0 saturated carbocycles. The number of hydrogen-bond acceptors (Lipinski definition) is 4. The number of hydrogen-bond donors (Lipinski definition) is 2. The van der Waals surface area contributed by atoms with E-state index in [4.69, 9.17) is 4.74 Å². The summed E-state index contributed by atoms with van der Waals surface area (Å²) in [5, 5.41) is 11.1. The molecule has 184 valence electrons. The van der Waals surface area contributed by atoms with Gasteiger partial charge in [-0.25, -0.2) is 0 Å². The number of ether oxygens (including phenoxy) is 1. The monoisotopic (exact) mass is 481 g/mol. The van der Waals surface area contributed by atoms with Crippen LogP contribution in [-0.4, -0.2) is 58.6 Å². The Balaban J connectivity index is 1.25.